The molecule has 0 radical (unpaired) electrons. The van der Waals surface area contributed by atoms with Crippen molar-refractivity contribution < 1.29 is 13.9 Å². The molecule has 0 aliphatic carbocycles. The van der Waals surface area contributed by atoms with Gasteiger partial charge in [0.05, 0.1) is 14.2 Å². The van der Waals surface area contributed by atoms with Gasteiger partial charge in [-0.1, -0.05) is 17.7 Å². The zero-order valence-electron chi connectivity index (χ0n) is 12.6. The fraction of sp³-hybridized carbons (Fsp3) is 0.294. The molecule has 0 heterocycles. The van der Waals surface area contributed by atoms with Gasteiger partial charge in [-0.05, 0) is 43.3 Å². The van der Waals surface area contributed by atoms with Crippen molar-refractivity contribution in [1.29, 1.82) is 0 Å². The first kappa shape index (κ1) is 16.6. The summed E-state index contributed by atoms with van der Waals surface area (Å²) in [5, 5.41) is 0.403. The Bertz CT molecular complexity index is 628. The largest absolute Gasteiger partial charge is 0.497 e. The molecule has 22 heavy (non-hydrogen) atoms. The standard InChI is InChI=1S/C17H19ClFNO2/c1-21-12-6-7-17(22-2)13(9-12)11(10-20)8-14-15(18)4-3-5-16(14)19/h3-7,9,11H,8,10,20H2,1-2H3. The molecule has 0 saturated carbocycles. The lowest BCUT2D eigenvalue weighted by Gasteiger charge is -2.20. The highest BCUT2D eigenvalue weighted by atomic mass is 35.5. The van der Waals surface area contributed by atoms with E-state index < -0.39 is 0 Å². The zero-order valence-corrected chi connectivity index (χ0v) is 13.4. The van der Waals surface area contributed by atoms with Crippen LogP contribution >= 0.6 is 11.6 Å². The Labute approximate surface area is 134 Å². The molecule has 1 atom stereocenters. The smallest absolute Gasteiger partial charge is 0.127 e. The lowest BCUT2D eigenvalue weighted by atomic mass is 9.91. The molecule has 0 bridgehead atoms. The van der Waals surface area contributed by atoms with Gasteiger partial charge >= 0.3 is 0 Å². The summed E-state index contributed by atoms with van der Waals surface area (Å²) in [6.45, 7) is 0.341. The normalized spacial score (nSPS) is 12.0. The molecular formula is C17H19ClFNO2. The van der Waals surface area contributed by atoms with Crippen LogP contribution in [0.1, 0.15) is 17.0 Å². The number of hydrogen-bond donors (Lipinski definition) is 1. The maximum Gasteiger partial charge on any atom is 0.127 e. The molecule has 0 saturated heterocycles. The Morgan fingerprint density at radius 3 is 2.55 bits per heavy atom. The summed E-state index contributed by atoms with van der Waals surface area (Å²) in [7, 11) is 3.19. The fourth-order valence-corrected chi connectivity index (χ4v) is 2.69. The van der Waals surface area contributed by atoms with Crippen molar-refractivity contribution in [1.82, 2.24) is 0 Å². The van der Waals surface area contributed by atoms with Crippen molar-refractivity contribution in [3.63, 3.8) is 0 Å². The van der Waals surface area contributed by atoms with Gasteiger partial charge in [-0.15, -0.1) is 0 Å². The Morgan fingerprint density at radius 1 is 1.18 bits per heavy atom. The van der Waals surface area contributed by atoms with Gasteiger partial charge in [0.15, 0.2) is 0 Å². The molecule has 0 spiro atoms. The number of nitrogens with two attached hydrogens (primary N) is 1. The van der Waals surface area contributed by atoms with Crippen LogP contribution in [-0.2, 0) is 6.42 Å². The molecule has 0 aliphatic rings. The van der Waals surface area contributed by atoms with E-state index >= 15 is 0 Å². The predicted molar refractivity (Wildman–Crippen MR) is 86.5 cm³/mol. The van der Waals surface area contributed by atoms with E-state index in [0.717, 1.165) is 5.56 Å². The number of hydrogen-bond acceptors (Lipinski definition) is 3. The van der Waals surface area contributed by atoms with Gasteiger partial charge in [0.2, 0.25) is 0 Å². The van der Waals surface area contributed by atoms with E-state index in [2.05, 4.69) is 0 Å². The third-order valence-corrected chi connectivity index (χ3v) is 4.03. The van der Waals surface area contributed by atoms with Gasteiger partial charge in [-0.3, -0.25) is 0 Å². The molecule has 2 rings (SSSR count). The van der Waals surface area contributed by atoms with Crippen LogP contribution in [0.2, 0.25) is 5.02 Å². The van der Waals surface area contributed by atoms with Crippen molar-refractivity contribution in [2.75, 3.05) is 20.8 Å². The van der Waals surface area contributed by atoms with Crippen LogP contribution in [-0.4, -0.2) is 20.8 Å². The number of methoxy groups -OCH3 is 2. The first-order valence-electron chi connectivity index (χ1n) is 6.95. The first-order chi connectivity index (χ1) is 10.6. The molecule has 0 aromatic heterocycles. The highest BCUT2D eigenvalue weighted by molar-refractivity contribution is 6.31. The van der Waals surface area contributed by atoms with Crippen LogP contribution in [0.4, 0.5) is 4.39 Å². The molecule has 118 valence electrons. The van der Waals surface area contributed by atoms with Gasteiger partial charge < -0.3 is 15.2 Å². The van der Waals surface area contributed by atoms with Gasteiger partial charge in [0.1, 0.15) is 17.3 Å². The molecule has 0 aliphatic heterocycles. The van der Waals surface area contributed by atoms with Crippen LogP contribution in [0.15, 0.2) is 36.4 Å². The number of ether oxygens (including phenoxy) is 2. The highest BCUT2D eigenvalue weighted by Gasteiger charge is 2.19. The van der Waals surface area contributed by atoms with E-state index in [1.807, 2.05) is 18.2 Å². The lowest BCUT2D eigenvalue weighted by Crippen LogP contribution is -2.17. The monoisotopic (exact) mass is 323 g/mol. The molecule has 0 fully saturated rings. The van der Waals surface area contributed by atoms with E-state index in [-0.39, 0.29) is 11.7 Å². The van der Waals surface area contributed by atoms with Gasteiger partial charge in [0, 0.05) is 22.1 Å². The average Bonchev–Trinajstić information content (AvgIpc) is 2.54. The van der Waals surface area contributed by atoms with Crippen LogP contribution in [0.3, 0.4) is 0 Å². The fourth-order valence-electron chi connectivity index (χ4n) is 2.45. The SMILES string of the molecule is COc1ccc(OC)c(C(CN)Cc2c(F)cccc2Cl)c1. The zero-order chi connectivity index (χ0) is 16.1. The minimum absolute atomic E-state index is 0.126. The maximum absolute atomic E-state index is 14.0. The van der Waals surface area contributed by atoms with Gasteiger partial charge in [-0.2, -0.15) is 0 Å². The second-order valence-electron chi connectivity index (χ2n) is 4.94. The summed E-state index contributed by atoms with van der Waals surface area (Å²) in [6, 6.07) is 10.2. The van der Waals surface area contributed by atoms with Crippen molar-refractivity contribution in [3.8, 4) is 11.5 Å². The molecule has 3 nitrogen and oxygen atoms in total. The molecule has 5 heteroatoms. The van der Waals surface area contributed by atoms with E-state index in [1.54, 1.807) is 26.4 Å². The summed E-state index contributed by atoms with van der Waals surface area (Å²) < 4.78 is 24.6. The first-order valence-corrected chi connectivity index (χ1v) is 7.33. The third-order valence-electron chi connectivity index (χ3n) is 3.67. The van der Waals surface area contributed by atoms with Crippen LogP contribution in [0, 0.1) is 5.82 Å². The average molecular weight is 324 g/mol. The molecule has 2 N–H and O–H groups in total. The van der Waals surface area contributed by atoms with Crippen molar-refractivity contribution in [2.24, 2.45) is 5.73 Å². The van der Waals surface area contributed by atoms with Crippen molar-refractivity contribution >= 4 is 11.6 Å². The summed E-state index contributed by atoms with van der Waals surface area (Å²) >= 11 is 6.11. The number of rotatable bonds is 6. The van der Waals surface area contributed by atoms with Crippen LogP contribution < -0.4 is 15.2 Å². The number of benzene rings is 2. The van der Waals surface area contributed by atoms with Gasteiger partial charge in [0.25, 0.3) is 0 Å². The molecule has 1 unspecified atom stereocenters. The van der Waals surface area contributed by atoms with Crippen LogP contribution in [0.25, 0.3) is 0 Å². The van der Waals surface area contributed by atoms with Gasteiger partial charge in [-0.25, -0.2) is 4.39 Å². The topological polar surface area (TPSA) is 44.5 Å². The minimum atomic E-state index is -0.326. The number of halogens is 2. The Hall–Kier alpha value is -1.78. The lowest BCUT2D eigenvalue weighted by molar-refractivity contribution is 0.394. The van der Waals surface area contributed by atoms with Crippen LogP contribution in [0.5, 0.6) is 11.5 Å². The molecule has 2 aromatic carbocycles. The van der Waals surface area contributed by atoms with E-state index in [4.69, 9.17) is 26.8 Å². The van der Waals surface area contributed by atoms with E-state index in [9.17, 15) is 4.39 Å². The Kier molecular flexibility index (Phi) is 5.63. The second kappa shape index (κ2) is 7.47. The maximum atomic E-state index is 14.0. The Morgan fingerprint density at radius 2 is 1.95 bits per heavy atom. The summed E-state index contributed by atoms with van der Waals surface area (Å²) in [5.74, 6) is 0.949. The Balaban J connectivity index is 2.40. The quantitative estimate of drug-likeness (QED) is 0.880. The summed E-state index contributed by atoms with van der Waals surface area (Å²) in [4.78, 5) is 0. The second-order valence-corrected chi connectivity index (χ2v) is 5.35. The third kappa shape index (κ3) is 3.51. The molecule has 0 amide bonds. The highest BCUT2D eigenvalue weighted by Crippen LogP contribution is 2.34. The van der Waals surface area contributed by atoms with E-state index in [1.165, 1.54) is 6.07 Å². The van der Waals surface area contributed by atoms with Crippen molar-refractivity contribution in [3.05, 3.63) is 58.4 Å². The summed E-state index contributed by atoms with van der Waals surface area (Å²) in [6.07, 6.45) is 0.394. The predicted octanol–water partition coefficient (Wildman–Crippen LogP) is 3.78. The minimum Gasteiger partial charge on any atom is -0.497 e. The molecule has 2 aromatic rings. The molecular weight excluding hydrogens is 305 g/mol. The van der Waals surface area contributed by atoms with Crippen molar-refractivity contribution in [2.45, 2.75) is 12.3 Å². The summed E-state index contributed by atoms with van der Waals surface area (Å²) in [5.41, 5.74) is 7.25. The van der Waals surface area contributed by atoms with E-state index in [0.29, 0.717) is 35.1 Å².